The van der Waals surface area contributed by atoms with Gasteiger partial charge in [0.15, 0.2) is 0 Å². The zero-order valence-electron chi connectivity index (χ0n) is 11.4. The quantitative estimate of drug-likeness (QED) is 0.790. The lowest BCUT2D eigenvalue weighted by Crippen LogP contribution is -2.54. The molecule has 0 radical (unpaired) electrons. The summed E-state index contributed by atoms with van der Waals surface area (Å²) in [6.07, 6.45) is 6.96. The van der Waals surface area contributed by atoms with Crippen LogP contribution in [0.15, 0.2) is 0 Å². The van der Waals surface area contributed by atoms with E-state index in [9.17, 15) is 0 Å². The van der Waals surface area contributed by atoms with Crippen molar-refractivity contribution in [3.8, 4) is 0 Å². The molecule has 2 rings (SSSR count). The summed E-state index contributed by atoms with van der Waals surface area (Å²) in [7, 11) is 0. The van der Waals surface area contributed by atoms with E-state index in [0.717, 1.165) is 12.5 Å². The smallest absolute Gasteiger partial charge is 0.0247 e. The average Bonchev–Trinajstić information content (AvgIpc) is 2.86. The second kappa shape index (κ2) is 6.72. The molecule has 1 heterocycles. The van der Waals surface area contributed by atoms with Crippen molar-refractivity contribution in [1.29, 1.82) is 0 Å². The first kappa shape index (κ1) is 13.3. The Hall–Kier alpha value is -0.120. The van der Waals surface area contributed by atoms with Gasteiger partial charge >= 0.3 is 0 Å². The minimum Gasteiger partial charge on any atom is -0.329 e. The molecule has 1 aliphatic carbocycles. The van der Waals surface area contributed by atoms with Crippen LogP contribution < -0.4 is 5.73 Å². The van der Waals surface area contributed by atoms with Gasteiger partial charge in [0.05, 0.1) is 0 Å². The Labute approximate surface area is 106 Å². The second-order valence-corrected chi connectivity index (χ2v) is 5.73. The topological polar surface area (TPSA) is 32.5 Å². The second-order valence-electron chi connectivity index (χ2n) is 5.73. The van der Waals surface area contributed by atoms with Crippen LogP contribution in [0.3, 0.4) is 0 Å². The van der Waals surface area contributed by atoms with E-state index >= 15 is 0 Å². The largest absolute Gasteiger partial charge is 0.329 e. The maximum Gasteiger partial charge on any atom is 0.0247 e. The molecule has 1 saturated heterocycles. The first-order valence-electron chi connectivity index (χ1n) is 7.51. The summed E-state index contributed by atoms with van der Waals surface area (Å²) in [6.45, 7) is 9.36. The fourth-order valence-electron chi connectivity index (χ4n) is 3.62. The van der Waals surface area contributed by atoms with Crippen LogP contribution in [-0.2, 0) is 0 Å². The third-order valence-electron chi connectivity index (χ3n) is 4.60. The van der Waals surface area contributed by atoms with Crippen molar-refractivity contribution in [3.05, 3.63) is 0 Å². The summed E-state index contributed by atoms with van der Waals surface area (Å²) in [5.74, 6) is 0.887. The summed E-state index contributed by atoms with van der Waals surface area (Å²) in [5, 5.41) is 0. The van der Waals surface area contributed by atoms with Crippen LogP contribution in [0, 0.1) is 5.92 Å². The molecule has 1 atom stereocenters. The molecule has 2 aliphatic rings. The van der Waals surface area contributed by atoms with E-state index in [1.165, 1.54) is 64.8 Å². The van der Waals surface area contributed by atoms with E-state index in [-0.39, 0.29) is 0 Å². The van der Waals surface area contributed by atoms with Crippen molar-refractivity contribution in [2.45, 2.75) is 45.1 Å². The van der Waals surface area contributed by atoms with Crippen molar-refractivity contribution < 1.29 is 0 Å². The average molecular weight is 239 g/mol. The molecule has 1 aliphatic heterocycles. The standard InChI is InChI=1S/C14H29N3/c1-2-7-16-8-10-17(11-9-16)14(12-15)13-5-3-4-6-13/h13-14H,2-12,15H2,1H3. The molecule has 2 N–H and O–H groups in total. The molecule has 1 saturated carbocycles. The van der Waals surface area contributed by atoms with Gasteiger partial charge in [-0.1, -0.05) is 19.8 Å². The van der Waals surface area contributed by atoms with Crippen molar-refractivity contribution in [1.82, 2.24) is 9.80 Å². The van der Waals surface area contributed by atoms with Gasteiger partial charge in [-0.25, -0.2) is 0 Å². The van der Waals surface area contributed by atoms with Crippen LogP contribution in [0.1, 0.15) is 39.0 Å². The van der Waals surface area contributed by atoms with Gasteiger partial charge in [0.2, 0.25) is 0 Å². The molecule has 100 valence electrons. The highest BCUT2D eigenvalue weighted by molar-refractivity contribution is 4.86. The molecule has 2 fully saturated rings. The third-order valence-corrected chi connectivity index (χ3v) is 4.60. The molecule has 3 nitrogen and oxygen atoms in total. The molecule has 17 heavy (non-hydrogen) atoms. The molecule has 3 heteroatoms. The predicted octanol–water partition coefficient (Wildman–Crippen LogP) is 1.53. The minimum atomic E-state index is 0.668. The van der Waals surface area contributed by atoms with Gasteiger partial charge in [-0.2, -0.15) is 0 Å². The number of hydrogen-bond acceptors (Lipinski definition) is 3. The molecule has 0 aromatic rings. The predicted molar refractivity (Wildman–Crippen MR) is 73.1 cm³/mol. The summed E-state index contributed by atoms with van der Waals surface area (Å²) in [5.41, 5.74) is 6.02. The van der Waals surface area contributed by atoms with E-state index in [1.54, 1.807) is 0 Å². The normalized spacial score (nSPS) is 26.5. The maximum absolute atomic E-state index is 6.02. The zero-order valence-corrected chi connectivity index (χ0v) is 11.4. The number of hydrogen-bond donors (Lipinski definition) is 1. The summed E-state index contributed by atoms with van der Waals surface area (Å²) in [4.78, 5) is 5.26. The molecule has 0 amide bonds. The van der Waals surface area contributed by atoms with Gasteiger partial charge in [-0.15, -0.1) is 0 Å². The lowest BCUT2D eigenvalue weighted by atomic mass is 9.96. The van der Waals surface area contributed by atoms with Crippen LogP contribution in [0.2, 0.25) is 0 Å². The number of rotatable bonds is 5. The Balaban J connectivity index is 1.81. The first-order valence-corrected chi connectivity index (χ1v) is 7.51. The van der Waals surface area contributed by atoms with Crippen LogP contribution in [0.4, 0.5) is 0 Å². The highest BCUT2D eigenvalue weighted by Gasteiger charge is 2.30. The fourth-order valence-corrected chi connectivity index (χ4v) is 3.62. The van der Waals surface area contributed by atoms with E-state index < -0.39 is 0 Å². The monoisotopic (exact) mass is 239 g/mol. The highest BCUT2D eigenvalue weighted by Crippen LogP contribution is 2.30. The zero-order chi connectivity index (χ0) is 12.1. The van der Waals surface area contributed by atoms with Crippen molar-refractivity contribution >= 4 is 0 Å². The summed E-state index contributed by atoms with van der Waals surface area (Å²) >= 11 is 0. The molecule has 0 bridgehead atoms. The Bertz CT molecular complexity index is 206. The maximum atomic E-state index is 6.02. The van der Waals surface area contributed by atoms with Crippen LogP contribution in [-0.4, -0.2) is 55.1 Å². The van der Waals surface area contributed by atoms with E-state index in [1.807, 2.05) is 0 Å². The summed E-state index contributed by atoms with van der Waals surface area (Å²) < 4.78 is 0. The first-order chi connectivity index (χ1) is 8.35. The van der Waals surface area contributed by atoms with Crippen molar-refractivity contribution in [2.75, 3.05) is 39.3 Å². The van der Waals surface area contributed by atoms with Crippen molar-refractivity contribution in [2.24, 2.45) is 11.7 Å². The molecule has 0 spiro atoms. The van der Waals surface area contributed by atoms with Gasteiger partial charge in [0, 0.05) is 38.8 Å². The molecule has 1 unspecified atom stereocenters. The number of nitrogens with two attached hydrogens (primary N) is 1. The van der Waals surface area contributed by atoms with E-state index in [4.69, 9.17) is 5.73 Å². The fraction of sp³-hybridized carbons (Fsp3) is 1.00. The number of piperazine rings is 1. The number of nitrogens with zero attached hydrogens (tertiary/aromatic N) is 2. The Kier molecular flexibility index (Phi) is 5.26. The van der Waals surface area contributed by atoms with E-state index in [2.05, 4.69) is 16.7 Å². The van der Waals surface area contributed by atoms with Gasteiger partial charge in [-0.05, 0) is 31.7 Å². The van der Waals surface area contributed by atoms with Gasteiger partial charge in [-0.3, -0.25) is 4.90 Å². The van der Waals surface area contributed by atoms with E-state index in [0.29, 0.717) is 6.04 Å². The lowest BCUT2D eigenvalue weighted by molar-refractivity contribution is 0.0737. The van der Waals surface area contributed by atoms with Gasteiger partial charge in [0.1, 0.15) is 0 Å². The molecule has 0 aromatic carbocycles. The van der Waals surface area contributed by atoms with Crippen LogP contribution in [0.25, 0.3) is 0 Å². The lowest BCUT2D eigenvalue weighted by Gasteiger charge is -2.41. The van der Waals surface area contributed by atoms with Gasteiger partial charge in [0.25, 0.3) is 0 Å². The van der Waals surface area contributed by atoms with Crippen molar-refractivity contribution in [3.63, 3.8) is 0 Å². The SMILES string of the molecule is CCCN1CCN(C(CN)C2CCCC2)CC1. The minimum absolute atomic E-state index is 0.668. The highest BCUT2D eigenvalue weighted by atomic mass is 15.3. The Morgan fingerprint density at radius 1 is 1.12 bits per heavy atom. The Morgan fingerprint density at radius 2 is 1.76 bits per heavy atom. The molecular formula is C14H29N3. The van der Waals surface area contributed by atoms with Crippen LogP contribution in [0.5, 0.6) is 0 Å². The molecular weight excluding hydrogens is 210 g/mol. The Morgan fingerprint density at radius 3 is 2.29 bits per heavy atom. The van der Waals surface area contributed by atoms with Gasteiger partial charge < -0.3 is 10.6 Å². The summed E-state index contributed by atoms with van der Waals surface area (Å²) in [6, 6.07) is 0.668. The third kappa shape index (κ3) is 3.43. The molecule has 0 aromatic heterocycles. The van der Waals surface area contributed by atoms with Crippen LogP contribution >= 0.6 is 0 Å².